The number of carbonyl (C=O) groups is 2. The van der Waals surface area contributed by atoms with Crippen molar-refractivity contribution < 1.29 is 19.4 Å². The van der Waals surface area contributed by atoms with Gasteiger partial charge in [0.15, 0.2) is 0 Å². The van der Waals surface area contributed by atoms with E-state index in [0.717, 1.165) is 11.3 Å². The number of rotatable bonds is 5. The number of carboxylic acid groups (broad SMARTS) is 1. The quantitative estimate of drug-likeness (QED) is 0.854. The van der Waals surface area contributed by atoms with Crippen molar-refractivity contribution >= 4 is 11.9 Å². The molecule has 1 aliphatic heterocycles. The lowest BCUT2D eigenvalue weighted by atomic mass is 10.1. The van der Waals surface area contributed by atoms with Gasteiger partial charge in [-0.25, -0.2) is 0 Å². The second-order valence-electron chi connectivity index (χ2n) is 5.04. The zero-order valence-corrected chi connectivity index (χ0v) is 12.1. The lowest BCUT2D eigenvalue weighted by Crippen LogP contribution is -2.50. The second-order valence-corrected chi connectivity index (χ2v) is 5.04. The number of aliphatic carboxylic acids is 1. The molecule has 0 aliphatic carbocycles. The summed E-state index contributed by atoms with van der Waals surface area (Å²) in [5.74, 6) is -0.0614. The van der Waals surface area contributed by atoms with Crippen LogP contribution >= 0.6 is 0 Å². The summed E-state index contributed by atoms with van der Waals surface area (Å²) in [4.78, 5) is 26.6. The van der Waals surface area contributed by atoms with Gasteiger partial charge in [-0.05, 0) is 6.07 Å². The molecule has 0 atom stereocenters. The van der Waals surface area contributed by atoms with Crippen molar-refractivity contribution in [3.63, 3.8) is 0 Å². The highest BCUT2D eigenvalue weighted by Gasteiger charge is 2.22. The van der Waals surface area contributed by atoms with Crippen molar-refractivity contribution in [1.29, 1.82) is 0 Å². The van der Waals surface area contributed by atoms with Gasteiger partial charge < -0.3 is 14.7 Å². The van der Waals surface area contributed by atoms with Crippen molar-refractivity contribution in [1.82, 2.24) is 9.80 Å². The molecule has 1 N–H and O–H groups in total. The highest BCUT2D eigenvalue weighted by molar-refractivity contribution is 5.79. The van der Waals surface area contributed by atoms with Crippen molar-refractivity contribution in [3.8, 4) is 5.75 Å². The Morgan fingerprint density at radius 1 is 1.19 bits per heavy atom. The highest BCUT2D eigenvalue weighted by Crippen LogP contribution is 2.18. The lowest BCUT2D eigenvalue weighted by Gasteiger charge is -2.34. The third kappa shape index (κ3) is 4.19. The maximum Gasteiger partial charge on any atom is 0.317 e. The lowest BCUT2D eigenvalue weighted by molar-refractivity contribution is -0.139. The van der Waals surface area contributed by atoms with E-state index in [1.165, 1.54) is 0 Å². The molecule has 6 nitrogen and oxygen atoms in total. The summed E-state index contributed by atoms with van der Waals surface area (Å²) in [5, 5.41) is 8.76. The number of benzene rings is 1. The number of piperazine rings is 1. The first-order chi connectivity index (χ1) is 10.1. The van der Waals surface area contributed by atoms with Crippen LogP contribution in [0.5, 0.6) is 5.75 Å². The topological polar surface area (TPSA) is 70.1 Å². The summed E-state index contributed by atoms with van der Waals surface area (Å²) in [7, 11) is 1.59. The number of para-hydroxylation sites is 1. The maximum atomic E-state index is 12.3. The van der Waals surface area contributed by atoms with Gasteiger partial charge in [0.25, 0.3) is 0 Å². The zero-order chi connectivity index (χ0) is 15.2. The van der Waals surface area contributed by atoms with Crippen LogP contribution in [0, 0.1) is 0 Å². The van der Waals surface area contributed by atoms with Crippen molar-refractivity contribution in [2.45, 2.75) is 6.42 Å². The van der Waals surface area contributed by atoms with Gasteiger partial charge in [-0.2, -0.15) is 0 Å². The molecular weight excluding hydrogens is 272 g/mol. The van der Waals surface area contributed by atoms with E-state index in [1.807, 2.05) is 29.2 Å². The molecule has 1 fully saturated rings. The number of ether oxygens (including phenoxy) is 1. The van der Waals surface area contributed by atoms with E-state index in [4.69, 9.17) is 9.84 Å². The van der Waals surface area contributed by atoms with Gasteiger partial charge >= 0.3 is 5.97 Å². The van der Waals surface area contributed by atoms with Gasteiger partial charge in [0.1, 0.15) is 5.75 Å². The fourth-order valence-electron chi connectivity index (χ4n) is 2.47. The predicted octanol–water partition coefficient (Wildman–Crippen LogP) is 0.467. The number of nitrogens with zero attached hydrogens (tertiary/aromatic N) is 2. The Labute approximate surface area is 123 Å². The van der Waals surface area contributed by atoms with E-state index in [1.54, 1.807) is 12.0 Å². The van der Waals surface area contributed by atoms with Crippen LogP contribution in [0.1, 0.15) is 5.56 Å². The summed E-state index contributed by atoms with van der Waals surface area (Å²) in [6.07, 6.45) is 0.308. The van der Waals surface area contributed by atoms with Crippen LogP contribution in [-0.4, -0.2) is 66.6 Å². The third-order valence-corrected chi connectivity index (χ3v) is 3.62. The highest BCUT2D eigenvalue weighted by atomic mass is 16.5. The molecule has 1 aromatic carbocycles. The number of methoxy groups -OCH3 is 1. The van der Waals surface area contributed by atoms with E-state index in [9.17, 15) is 9.59 Å². The number of hydrogen-bond acceptors (Lipinski definition) is 4. The predicted molar refractivity (Wildman–Crippen MR) is 77.4 cm³/mol. The Kier molecular flexibility index (Phi) is 5.16. The molecule has 1 aliphatic rings. The Morgan fingerprint density at radius 3 is 2.48 bits per heavy atom. The molecule has 1 saturated heterocycles. The van der Waals surface area contributed by atoms with Gasteiger partial charge in [-0.1, -0.05) is 18.2 Å². The monoisotopic (exact) mass is 292 g/mol. The first-order valence-corrected chi connectivity index (χ1v) is 6.94. The number of hydrogen-bond donors (Lipinski definition) is 1. The molecule has 6 heteroatoms. The van der Waals surface area contributed by atoms with Crippen LogP contribution in [0.4, 0.5) is 0 Å². The normalized spacial score (nSPS) is 15.8. The number of amides is 1. The number of carbonyl (C=O) groups excluding carboxylic acids is 1. The van der Waals surface area contributed by atoms with Crippen LogP contribution in [0.25, 0.3) is 0 Å². The molecule has 114 valence electrons. The van der Waals surface area contributed by atoms with Crippen molar-refractivity contribution in [2.75, 3.05) is 39.8 Å². The van der Waals surface area contributed by atoms with Gasteiger partial charge in [0.2, 0.25) is 5.91 Å². The van der Waals surface area contributed by atoms with Crippen LogP contribution in [0.2, 0.25) is 0 Å². The fourth-order valence-corrected chi connectivity index (χ4v) is 2.47. The average Bonchev–Trinajstić information content (AvgIpc) is 2.48. The molecule has 2 rings (SSSR count). The van der Waals surface area contributed by atoms with E-state index in [2.05, 4.69) is 0 Å². The first kappa shape index (κ1) is 15.3. The van der Waals surface area contributed by atoms with Gasteiger partial charge in [-0.3, -0.25) is 14.5 Å². The molecule has 0 unspecified atom stereocenters. The molecule has 0 aromatic heterocycles. The third-order valence-electron chi connectivity index (χ3n) is 3.62. The SMILES string of the molecule is COc1ccccc1CC(=O)N1CCN(CC(=O)O)CC1. The summed E-state index contributed by atoms with van der Waals surface area (Å²) in [5.41, 5.74) is 0.873. The Morgan fingerprint density at radius 2 is 1.86 bits per heavy atom. The summed E-state index contributed by atoms with van der Waals surface area (Å²) < 4.78 is 5.25. The fraction of sp³-hybridized carbons (Fsp3) is 0.467. The minimum absolute atomic E-state index is 0.0362. The summed E-state index contributed by atoms with van der Waals surface area (Å²) >= 11 is 0. The summed E-state index contributed by atoms with van der Waals surface area (Å²) in [6, 6.07) is 7.48. The van der Waals surface area contributed by atoms with Gasteiger partial charge in [0, 0.05) is 31.7 Å². The van der Waals surface area contributed by atoms with Crippen molar-refractivity contribution in [2.24, 2.45) is 0 Å². The molecule has 21 heavy (non-hydrogen) atoms. The molecule has 1 aromatic rings. The Hall–Kier alpha value is -2.08. The molecule has 0 bridgehead atoms. The smallest absolute Gasteiger partial charge is 0.317 e. The van der Waals surface area contributed by atoms with E-state index in [0.29, 0.717) is 32.6 Å². The Balaban J connectivity index is 1.89. The second kappa shape index (κ2) is 7.08. The molecule has 0 spiro atoms. The van der Waals surface area contributed by atoms with Gasteiger partial charge in [-0.15, -0.1) is 0 Å². The molecule has 0 saturated carbocycles. The van der Waals surface area contributed by atoms with Gasteiger partial charge in [0.05, 0.1) is 20.1 Å². The molecule has 1 amide bonds. The number of carboxylic acids is 1. The van der Waals surface area contributed by atoms with E-state index >= 15 is 0 Å². The van der Waals surface area contributed by atoms with E-state index in [-0.39, 0.29) is 12.5 Å². The zero-order valence-electron chi connectivity index (χ0n) is 12.1. The van der Waals surface area contributed by atoms with Crippen molar-refractivity contribution in [3.05, 3.63) is 29.8 Å². The van der Waals surface area contributed by atoms with Crippen LogP contribution in [0.3, 0.4) is 0 Å². The Bertz CT molecular complexity index is 510. The minimum atomic E-state index is -0.830. The minimum Gasteiger partial charge on any atom is -0.496 e. The van der Waals surface area contributed by atoms with Crippen LogP contribution in [-0.2, 0) is 16.0 Å². The molecule has 1 heterocycles. The first-order valence-electron chi connectivity index (χ1n) is 6.94. The van der Waals surface area contributed by atoms with E-state index < -0.39 is 5.97 Å². The van der Waals surface area contributed by atoms with Crippen LogP contribution in [0.15, 0.2) is 24.3 Å². The summed E-state index contributed by atoms with van der Waals surface area (Å²) in [6.45, 7) is 2.38. The average molecular weight is 292 g/mol. The largest absolute Gasteiger partial charge is 0.496 e. The maximum absolute atomic E-state index is 12.3. The standard InChI is InChI=1S/C15H20N2O4/c1-21-13-5-3-2-4-12(13)10-14(18)17-8-6-16(7-9-17)11-15(19)20/h2-5H,6-11H2,1H3,(H,19,20). The molecule has 0 radical (unpaired) electrons. The van der Waals surface area contributed by atoms with Crippen LogP contribution < -0.4 is 4.74 Å². The molecular formula is C15H20N2O4.